The molecule has 0 saturated carbocycles. The summed E-state index contributed by atoms with van der Waals surface area (Å²) in [4.78, 5) is 24.2. The summed E-state index contributed by atoms with van der Waals surface area (Å²) in [5, 5.41) is 2.70. The summed E-state index contributed by atoms with van der Waals surface area (Å²) >= 11 is 0. The fourth-order valence-electron chi connectivity index (χ4n) is 1.77. The van der Waals surface area contributed by atoms with E-state index in [0.717, 1.165) is 13.0 Å². The summed E-state index contributed by atoms with van der Waals surface area (Å²) in [5.41, 5.74) is 2.12. The molecule has 1 fully saturated rings. The van der Waals surface area contributed by atoms with Gasteiger partial charge in [-0.1, -0.05) is 0 Å². The smallest absolute Gasteiger partial charge is 0.407 e. The lowest BCUT2D eigenvalue weighted by Crippen LogP contribution is -2.47. The number of nitrogens with two attached hydrogens (primary N) is 1. The van der Waals surface area contributed by atoms with Crippen molar-refractivity contribution in [1.82, 2.24) is 15.6 Å². The maximum Gasteiger partial charge on any atom is 0.407 e. The van der Waals surface area contributed by atoms with Crippen molar-refractivity contribution in [2.75, 3.05) is 20.2 Å². The number of ether oxygens (including phenoxy) is 1. The van der Waals surface area contributed by atoms with E-state index in [1.54, 1.807) is 6.92 Å². The highest BCUT2D eigenvalue weighted by Crippen LogP contribution is 2.12. The molecule has 2 atom stereocenters. The summed E-state index contributed by atoms with van der Waals surface area (Å²) in [6, 6.07) is -0.255. The highest BCUT2D eigenvalue weighted by Gasteiger charge is 2.30. The molecule has 1 heterocycles. The molecular formula is C9H18N4O3. The van der Waals surface area contributed by atoms with Gasteiger partial charge < -0.3 is 10.1 Å². The third kappa shape index (κ3) is 3.07. The van der Waals surface area contributed by atoms with Crippen LogP contribution in [-0.2, 0) is 9.53 Å². The lowest BCUT2D eigenvalue weighted by molar-refractivity contribution is -0.125. The van der Waals surface area contributed by atoms with Crippen molar-refractivity contribution in [3.8, 4) is 0 Å². The number of alkyl carbamates (subject to hydrolysis) is 1. The highest BCUT2D eigenvalue weighted by atomic mass is 16.5. The number of likely N-dealkylation sites (tertiary alicyclic amines) is 1. The lowest BCUT2D eigenvalue weighted by atomic mass is 10.2. The number of nitrogens with one attached hydrogen (secondary N) is 2. The van der Waals surface area contributed by atoms with Gasteiger partial charge in [0.2, 0.25) is 0 Å². The van der Waals surface area contributed by atoms with Crippen LogP contribution in [0.15, 0.2) is 0 Å². The normalized spacial score (nSPS) is 22.6. The molecule has 1 saturated heterocycles. The highest BCUT2D eigenvalue weighted by molar-refractivity contribution is 5.80. The number of hydrogen-bond acceptors (Lipinski definition) is 5. The van der Waals surface area contributed by atoms with Gasteiger partial charge in [0.1, 0.15) is 0 Å². The van der Waals surface area contributed by atoms with Gasteiger partial charge in [0, 0.05) is 19.1 Å². The summed E-state index contributed by atoms with van der Waals surface area (Å²) < 4.78 is 4.51. The average Bonchev–Trinajstić information content (AvgIpc) is 2.75. The Morgan fingerprint density at radius 3 is 2.81 bits per heavy atom. The second kappa shape index (κ2) is 5.66. The summed E-state index contributed by atoms with van der Waals surface area (Å²) in [6.45, 7) is 3.16. The van der Waals surface area contributed by atoms with Crippen LogP contribution >= 0.6 is 0 Å². The fraction of sp³-hybridized carbons (Fsp3) is 0.778. The molecule has 92 valence electrons. The topological polar surface area (TPSA) is 96.7 Å². The molecule has 0 bridgehead atoms. The first-order chi connectivity index (χ1) is 7.58. The number of methoxy groups -OCH3 is 1. The molecule has 1 rings (SSSR count). The standard InChI is InChI=1S/C9H18N4O3/c1-6(8(14)12-10)13-4-3-7(5-13)11-9(15)16-2/h6-7H,3-5,10H2,1-2H3,(H,11,15)(H,12,14). The predicted molar refractivity (Wildman–Crippen MR) is 57.3 cm³/mol. The van der Waals surface area contributed by atoms with E-state index in [4.69, 9.17) is 5.84 Å². The van der Waals surface area contributed by atoms with E-state index in [2.05, 4.69) is 15.5 Å². The monoisotopic (exact) mass is 230 g/mol. The number of rotatable bonds is 3. The molecular weight excluding hydrogens is 212 g/mol. The Morgan fingerprint density at radius 1 is 1.56 bits per heavy atom. The molecule has 2 unspecified atom stereocenters. The molecule has 2 amide bonds. The van der Waals surface area contributed by atoms with Crippen LogP contribution in [0.2, 0.25) is 0 Å². The molecule has 7 nitrogen and oxygen atoms in total. The fourth-order valence-corrected chi connectivity index (χ4v) is 1.77. The SMILES string of the molecule is COC(=O)NC1CCN(C(C)C(=O)NN)C1. The number of hydrogen-bond donors (Lipinski definition) is 3. The Kier molecular flexibility index (Phi) is 4.51. The van der Waals surface area contributed by atoms with Crippen molar-refractivity contribution in [3.05, 3.63) is 0 Å². The van der Waals surface area contributed by atoms with Crippen molar-refractivity contribution in [3.63, 3.8) is 0 Å². The summed E-state index contributed by atoms with van der Waals surface area (Å²) in [5.74, 6) is 4.84. The zero-order valence-electron chi connectivity index (χ0n) is 9.53. The largest absolute Gasteiger partial charge is 0.453 e. The van der Waals surface area contributed by atoms with E-state index in [9.17, 15) is 9.59 Å². The van der Waals surface area contributed by atoms with Crippen molar-refractivity contribution in [2.45, 2.75) is 25.4 Å². The van der Waals surface area contributed by atoms with Gasteiger partial charge >= 0.3 is 6.09 Å². The van der Waals surface area contributed by atoms with E-state index in [1.807, 2.05) is 4.90 Å². The molecule has 1 aliphatic heterocycles. The van der Waals surface area contributed by atoms with Crippen LogP contribution in [-0.4, -0.2) is 49.2 Å². The van der Waals surface area contributed by atoms with E-state index in [0.29, 0.717) is 6.54 Å². The van der Waals surface area contributed by atoms with Crippen LogP contribution in [0, 0.1) is 0 Å². The maximum absolute atomic E-state index is 11.3. The molecule has 0 aromatic heterocycles. The van der Waals surface area contributed by atoms with E-state index in [1.165, 1.54) is 7.11 Å². The number of hydrazine groups is 1. The molecule has 0 spiro atoms. The first kappa shape index (κ1) is 12.7. The summed E-state index contributed by atoms with van der Waals surface area (Å²) in [7, 11) is 1.33. The second-order valence-corrected chi connectivity index (χ2v) is 3.80. The minimum absolute atomic E-state index is 0.0282. The van der Waals surface area contributed by atoms with Gasteiger partial charge in [-0.2, -0.15) is 0 Å². The van der Waals surface area contributed by atoms with Crippen LogP contribution in [0.5, 0.6) is 0 Å². The van der Waals surface area contributed by atoms with Gasteiger partial charge in [0.15, 0.2) is 0 Å². The third-order valence-electron chi connectivity index (χ3n) is 2.80. The Labute approximate surface area is 94.3 Å². The van der Waals surface area contributed by atoms with E-state index in [-0.39, 0.29) is 18.0 Å². The van der Waals surface area contributed by atoms with E-state index < -0.39 is 6.09 Å². The van der Waals surface area contributed by atoms with Crippen LogP contribution < -0.4 is 16.6 Å². The Balaban J connectivity index is 2.40. The second-order valence-electron chi connectivity index (χ2n) is 3.80. The summed E-state index contributed by atoms with van der Waals surface area (Å²) in [6.07, 6.45) is 0.361. The molecule has 0 aromatic carbocycles. The van der Waals surface area contributed by atoms with E-state index >= 15 is 0 Å². The third-order valence-corrected chi connectivity index (χ3v) is 2.80. The molecule has 0 radical (unpaired) electrons. The Morgan fingerprint density at radius 2 is 2.25 bits per heavy atom. The van der Waals surface area contributed by atoms with Crippen molar-refractivity contribution in [1.29, 1.82) is 0 Å². The van der Waals surface area contributed by atoms with Crippen molar-refractivity contribution >= 4 is 12.0 Å². The van der Waals surface area contributed by atoms with Crippen LogP contribution in [0.4, 0.5) is 4.79 Å². The minimum atomic E-state index is -0.442. The zero-order chi connectivity index (χ0) is 12.1. The van der Waals surface area contributed by atoms with Crippen LogP contribution in [0.3, 0.4) is 0 Å². The van der Waals surface area contributed by atoms with Gasteiger partial charge in [-0.25, -0.2) is 10.6 Å². The number of amides is 2. The number of carbonyl (C=O) groups excluding carboxylic acids is 2. The number of nitrogens with zero attached hydrogens (tertiary/aromatic N) is 1. The quantitative estimate of drug-likeness (QED) is 0.321. The molecule has 16 heavy (non-hydrogen) atoms. The van der Waals surface area contributed by atoms with Crippen molar-refractivity contribution in [2.24, 2.45) is 5.84 Å². The zero-order valence-corrected chi connectivity index (χ0v) is 9.53. The molecule has 4 N–H and O–H groups in total. The van der Waals surface area contributed by atoms with Gasteiger partial charge in [-0.3, -0.25) is 15.1 Å². The minimum Gasteiger partial charge on any atom is -0.453 e. The average molecular weight is 230 g/mol. The van der Waals surface area contributed by atoms with Gasteiger partial charge in [-0.15, -0.1) is 0 Å². The maximum atomic E-state index is 11.3. The first-order valence-electron chi connectivity index (χ1n) is 5.17. The van der Waals surface area contributed by atoms with Crippen LogP contribution in [0.25, 0.3) is 0 Å². The Bertz CT molecular complexity index is 271. The van der Waals surface area contributed by atoms with Crippen molar-refractivity contribution < 1.29 is 14.3 Å². The first-order valence-corrected chi connectivity index (χ1v) is 5.17. The number of carbonyl (C=O) groups is 2. The van der Waals surface area contributed by atoms with Gasteiger partial charge in [-0.05, 0) is 13.3 Å². The molecule has 0 aliphatic carbocycles. The lowest BCUT2D eigenvalue weighted by Gasteiger charge is -2.22. The Hall–Kier alpha value is -1.34. The molecule has 1 aliphatic rings. The predicted octanol–water partition coefficient (Wildman–Crippen LogP) is -1.20. The van der Waals surface area contributed by atoms with Gasteiger partial charge in [0.25, 0.3) is 5.91 Å². The molecule has 0 aromatic rings. The molecule has 7 heteroatoms. The van der Waals surface area contributed by atoms with Gasteiger partial charge in [0.05, 0.1) is 13.2 Å². The van der Waals surface area contributed by atoms with Crippen LogP contribution in [0.1, 0.15) is 13.3 Å².